The molecule has 1 atom stereocenters. The first kappa shape index (κ1) is 13.1. The molecule has 1 aliphatic heterocycles. The molecule has 15 heavy (non-hydrogen) atoms. The largest absolute Gasteiger partial charge is 0.401 e. The fourth-order valence-corrected chi connectivity index (χ4v) is 2.54. The highest BCUT2D eigenvalue weighted by Crippen LogP contribution is 2.17. The van der Waals surface area contributed by atoms with Crippen molar-refractivity contribution in [1.82, 2.24) is 10.2 Å². The Hall–Kier alpha value is 0.0600. The third kappa shape index (κ3) is 5.63. The Morgan fingerprint density at radius 1 is 1.47 bits per heavy atom. The highest BCUT2D eigenvalue weighted by atomic mass is 32.2. The van der Waals surface area contributed by atoms with Gasteiger partial charge in [-0.25, -0.2) is 0 Å². The van der Waals surface area contributed by atoms with E-state index in [-0.39, 0.29) is 6.04 Å². The highest BCUT2D eigenvalue weighted by molar-refractivity contribution is 7.99. The van der Waals surface area contributed by atoms with Crippen LogP contribution in [0.5, 0.6) is 0 Å². The van der Waals surface area contributed by atoms with Crippen LogP contribution in [0.1, 0.15) is 6.92 Å². The first-order chi connectivity index (χ1) is 7.01. The van der Waals surface area contributed by atoms with Crippen molar-refractivity contribution in [3.8, 4) is 0 Å². The Kier molecular flexibility index (Phi) is 5.22. The molecule has 0 aromatic carbocycles. The van der Waals surface area contributed by atoms with Crippen LogP contribution in [-0.2, 0) is 0 Å². The molecule has 1 heterocycles. The van der Waals surface area contributed by atoms with Gasteiger partial charge in [0, 0.05) is 30.6 Å². The number of alkyl halides is 3. The average molecular weight is 242 g/mol. The Morgan fingerprint density at radius 2 is 2.20 bits per heavy atom. The van der Waals surface area contributed by atoms with Crippen LogP contribution in [0.4, 0.5) is 13.2 Å². The average Bonchev–Trinajstić information content (AvgIpc) is 2.16. The van der Waals surface area contributed by atoms with Gasteiger partial charge >= 0.3 is 6.18 Å². The number of halogens is 3. The lowest BCUT2D eigenvalue weighted by atomic mass is 10.3. The highest BCUT2D eigenvalue weighted by Gasteiger charge is 2.31. The first-order valence-electron chi connectivity index (χ1n) is 5.11. The maximum absolute atomic E-state index is 12.2. The Balaban J connectivity index is 2.31. The van der Waals surface area contributed by atoms with E-state index >= 15 is 0 Å². The molecule has 0 bridgehead atoms. The van der Waals surface area contributed by atoms with Crippen molar-refractivity contribution in [2.45, 2.75) is 19.1 Å². The number of nitrogens with zero attached hydrogens (tertiary/aromatic N) is 1. The maximum Gasteiger partial charge on any atom is 0.401 e. The van der Waals surface area contributed by atoms with Gasteiger partial charge < -0.3 is 5.32 Å². The van der Waals surface area contributed by atoms with E-state index in [2.05, 4.69) is 5.32 Å². The molecule has 1 rings (SSSR count). The summed E-state index contributed by atoms with van der Waals surface area (Å²) in [5.74, 6) is 1.97. The van der Waals surface area contributed by atoms with Crippen molar-refractivity contribution >= 4 is 11.8 Å². The van der Waals surface area contributed by atoms with Crippen molar-refractivity contribution < 1.29 is 13.2 Å². The second-order valence-electron chi connectivity index (χ2n) is 3.67. The number of hydrogen-bond acceptors (Lipinski definition) is 3. The third-order valence-electron chi connectivity index (χ3n) is 2.33. The van der Waals surface area contributed by atoms with Crippen LogP contribution in [-0.4, -0.2) is 54.8 Å². The topological polar surface area (TPSA) is 15.3 Å². The normalized spacial score (nSPS) is 23.4. The summed E-state index contributed by atoms with van der Waals surface area (Å²) < 4.78 is 36.5. The summed E-state index contributed by atoms with van der Waals surface area (Å²) in [6.07, 6.45) is -4.09. The minimum Gasteiger partial charge on any atom is -0.311 e. The number of nitrogens with one attached hydrogen (secondary N) is 1. The minimum absolute atomic E-state index is 0.200. The molecule has 1 saturated heterocycles. The molecule has 0 amide bonds. The van der Waals surface area contributed by atoms with Gasteiger partial charge in [-0.1, -0.05) is 6.92 Å². The van der Waals surface area contributed by atoms with Crippen LogP contribution >= 0.6 is 11.8 Å². The Bertz CT molecular complexity index is 181. The van der Waals surface area contributed by atoms with E-state index < -0.39 is 12.7 Å². The van der Waals surface area contributed by atoms with Crippen molar-refractivity contribution in [1.29, 1.82) is 0 Å². The fourth-order valence-electron chi connectivity index (χ4n) is 1.61. The molecule has 90 valence electrons. The van der Waals surface area contributed by atoms with E-state index in [1.165, 1.54) is 4.90 Å². The zero-order valence-corrected chi connectivity index (χ0v) is 9.63. The second kappa shape index (κ2) is 5.96. The first-order valence-corrected chi connectivity index (χ1v) is 6.27. The van der Waals surface area contributed by atoms with Crippen LogP contribution in [0, 0.1) is 0 Å². The molecule has 0 aliphatic carbocycles. The molecule has 1 fully saturated rings. The van der Waals surface area contributed by atoms with E-state index in [1.807, 2.05) is 0 Å². The van der Waals surface area contributed by atoms with Gasteiger partial charge in [-0.2, -0.15) is 24.9 Å². The predicted octanol–water partition coefficient (Wildman–Crippen LogP) is 1.58. The number of thioether (sulfide) groups is 1. The summed E-state index contributed by atoms with van der Waals surface area (Å²) in [7, 11) is 0. The lowest BCUT2D eigenvalue weighted by Gasteiger charge is -2.30. The van der Waals surface area contributed by atoms with Gasteiger partial charge in [0.25, 0.3) is 0 Å². The summed E-state index contributed by atoms with van der Waals surface area (Å²) in [4.78, 5) is 1.45. The number of likely N-dealkylation sites (N-methyl/N-ethyl adjacent to an activating group) is 1. The molecule has 1 unspecified atom stereocenters. The zero-order chi connectivity index (χ0) is 11.3. The lowest BCUT2D eigenvalue weighted by molar-refractivity contribution is -0.145. The number of hydrogen-bond donors (Lipinski definition) is 1. The zero-order valence-electron chi connectivity index (χ0n) is 8.81. The summed E-state index contributed by atoms with van der Waals surface area (Å²) in [5, 5.41) is 3.24. The van der Waals surface area contributed by atoms with Crippen LogP contribution in [0.15, 0.2) is 0 Å². The van der Waals surface area contributed by atoms with E-state index in [4.69, 9.17) is 0 Å². The second-order valence-corrected chi connectivity index (χ2v) is 4.82. The van der Waals surface area contributed by atoms with E-state index in [9.17, 15) is 13.2 Å². The molecule has 1 N–H and O–H groups in total. The summed E-state index contributed by atoms with van der Waals surface area (Å²) >= 11 is 1.80. The molecule has 6 heteroatoms. The van der Waals surface area contributed by atoms with Crippen LogP contribution in [0.3, 0.4) is 0 Å². The standard InChI is InChI=1S/C9H17F3N2S/c1-2-14(7-9(10,11)12)5-8-6-15-4-3-13-8/h8,13H,2-7H2,1H3. The van der Waals surface area contributed by atoms with Gasteiger partial charge in [-0.15, -0.1) is 0 Å². The van der Waals surface area contributed by atoms with Crippen molar-refractivity contribution in [3.05, 3.63) is 0 Å². The van der Waals surface area contributed by atoms with Gasteiger partial charge in [0.2, 0.25) is 0 Å². The molecule has 2 nitrogen and oxygen atoms in total. The lowest BCUT2D eigenvalue weighted by Crippen LogP contribution is -2.48. The molecule has 0 aromatic rings. The fraction of sp³-hybridized carbons (Fsp3) is 1.00. The predicted molar refractivity (Wildman–Crippen MR) is 57.3 cm³/mol. The van der Waals surface area contributed by atoms with Crippen LogP contribution < -0.4 is 5.32 Å². The molecule has 0 aromatic heterocycles. The minimum atomic E-state index is -4.09. The molecule has 0 radical (unpaired) electrons. The number of rotatable bonds is 4. The van der Waals surface area contributed by atoms with Crippen molar-refractivity contribution in [2.24, 2.45) is 0 Å². The molecular formula is C9H17F3N2S. The van der Waals surface area contributed by atoms with Crippen molar-refractivity contribution in [2.75, 3.05) is 37.7 Å². The van der Waals surface area contributed by atoms with E-state index in [0.717, 1.165) is 18.1 Å². The summed E-state index contributed by atoms with van der Waals surface area (Å²) in [5.41, 5.74) is 0. The van der Waals surface area contributed by atoms with E-state index in [1.54, 1.807) is 18.7 Å². The monoisotopic (exact) mass is 242 g/mol. The van der Waals surface area contributed by atoms with Crippen LogP contribution in [0.25, 0.3) is 0 Å². The molecule has 1 aliphatic rings. The smallest absolute Gasteiger partial charge is 0.311 e. The molecule has 0 spiro atoms. The molecular weight excluding hydrogens is 225 g/mol. The Labute approximate surface area is 92.6 Å². The van der Waals surface area contributed by atoms with Gasteiger partial charge in [0.05, 0.1) is 6.54 Å². The molecule has 0 saturated carbocycles. The summed E-state index contributed by atoms with van der Waals surface area (Å²) in [6.45, 7) is 2.80. The quantitative estimate of drug-likeness (QED) is 0.805. The maximum atomic E-state index is 12.2. The van der Waals surface area contributed by atoms with Crippen LogP contribution in [0.2, 0.25) is 0 Å². The van der Waals surface area contributed by atoms with Crippen molar-refractivity contribution in [3.63, 3.8) is 0 Å². The SMILES string of the molecule is CCN(CC1CSCCN1)CC(F)(F)F. The summed E-state index contributed by atoms with van der Waals surface area (Å²) in [6, 6.07) is 0.200. The van der Waals surface area contributed by atoms with Gasteiger partial charge in [-0.3, -0.25) is 4.90 Å². The van der Waals surface area contributed by atoms with Gasteiger partial charge in [-0.05, 0) is 6.54 Å². The Morgan fingerprint density at radius 3 is 2.67 bits per heavy atom. The van der Waals surface area contributed by atoms with E-state index in [0.29, 0.717) is 13.1 Å². The van der Waals surface area contributed by atoms with Gasteiger partial charge in [0.15, 0.2) is 0 Å². The van der Waals surface area contributed by atoms with Gasteiger partial charge in [0.1, 0.15) is 0 Å². The third-order valence-corrected chi connectivity index (χ3v) is 3.46.